The third-order valence-corrected chi connectivity index (χ3v) is 6.15. The maximum atomic E-state index is 12.9. The van der Waals surface area contributed by atoms with Gasteiger partial charge in [-0.25, -0.2) is 4.68 Å². The van der Waals surface area contributed by atoms with E-state index in [-0.39, 0.29) is 5.91 Å². The Labute approximate surface area is 171 Å². The molecule has 28 heavy (non-hydrogen) atoms. The van der Waals surface area contributed by atoms with Crippen LogP contribution in [0.2, 0.25) is 4.34 Å². The molecule has 5 nitrogen and oxygen atoms in total. The molecule has 0 unspecified atom stereocenters. The Morgan fingerprint density at radius 3 is 2.50 bits per heavy atom. The van der Waals surface area contributed by atoms with Crippen molar-refractivity contribution in [2.45, 2.75) is 20.0 Å². The third kappa shape index (κ3) is 2.85. The first kappa shape index (κ1) is 17.3. The van der Waals surface area contributed by atoms with Crippen LogP contribution in [0.25, 0.3) is 11.5 Å². The third-order valence-electron chi connectivity index (χ3n) is 4.93. The number of hydrogen-bond donors (Lipinski definition) is 0. The van der Waals surface area contributed by atoms with Gasteiger partial charge in [0.1, 0.15) is 5.82 Å². The number of aromatic nitrogens is 3. The fourth-order valence-corrected chi connectivity index (χ4v) is 4.55. The predicted octanol–water partition coefficient (Wildman–Crippen LogP) is 4.84. The van der Waals surface area contributed by atoms with Crippen molar-refractivity contribution in [2.24, 2.45) is 0 Å². The first-order chi connectivity index (χ1) is 13.6. The molecular formula is C21H17ClN4OS. The first-order valence-electron chi connectivity index (χ1n) is 8.96. The summed E-state index contributed by atoms with van der Waals surface area (Å²) >= 11 is 7.31. The van der Waals surface area contributed by atoms with E-state index in [1.165, 1.54) is 16.9 Å². The van der Waals surface area contributed by atoms with Crippen LogP contribution in [0.15, 0.2) is 60.9 Å². The van der Waals surface area contributed by atoms with Crippen molar-refractivity contribution in [3.63, 3.8) is 0 Å². The summed E-state index contributed by atoms with van der Waals surface area (Å²) in [5.74, 6) is 0.971. The molecule has 0 atom stereocenters. The van der Waals surface area contributed by atoms with E-state index in [9.17, 15) is 4.79 Å². The summed E-state index contributed by atoms with van der Waals surface area (Å²) in [7, 11) is 0. The van der Waals surface area contributed by atoms with Gasteiger partial charge in [0.05, 0.1) is 33.7 Å². The largest absolute Gasteiger partial charge is 0.327 e. The van der Waals surface area contributed by atoms with Gasteiger partial charge in [-0.05, 0) is 43.3 Å². The van der Waals surface area contributed by atoms with Gasteiger partial charge in [-0.3, -0.25) is 4.79 Å². The van der Waals surface area contributed by atoms with E-state index in [0.717, 1.165) is 22.8 Å². The van der Waals surface area contributed by atoms with Gasteiger partial charge in [-0.2, -0.15) is 5.10 Å². The molecule has 0 aliphatic carbocycles. The average molecular weight is 409 g/mol. The second-order valence-corrected chi connectivity index (χ2v) is 8.57. The number of aryl methyl sites for hydroxylation is 1. The lowest BCUT2D eigenvalue weighted by atomic mass is 10.2. The minimum absolute atomic E-state index is 0.00441. The topological polar surface area (TPSA) is 43.1 Å². The van der Waals surface area contributed by atoms with E-state index in [1.807, 2.05) is 34.1 Å². The summed E-state index contributed by atoms with van der Waals surface area (Å²) in [6.07, 6.45) is 4.01. The normalized spacial score (nSPS) is 13.1. The summed E-state index contributed by atoms with van der Waals surface area (Å²) in [5, 5.41) is 4.86. The van der Waals surface area contributed by atoms with Gasteiger partial charge < -0.3 is 9.47 Å². The van der Waals surface area contributed by atoms with Gasteiger partial charge in [0.15, 0.2) is 0 Å². The van der Waals surface area contributed by atoms with Crippen molar-refractivity contribution >= 4 is 28.8 Å². The lowest BCUT2D eigenvalue weighted by Gasteiger charge is -2.17. The molecule has 1 amide bonds. The molecule has 0 N–H and O–H groups in total. The van der Waals surface area contributed by atoms with Gasteiger partial charge >= 0.3 is 0 Å². The van der Waals surface area contributed by atoms with Crippen LogP contribution in [-0.2, 0) is 13.1 Å². The summed E-state index contributed by atoms with van der Waals surface area (Å²) in [6.45, 7) is 3.10. The average Bonchev–Trinajstić information content (AvgIpc) is 3.45. The molecule has 4 heterocycles. The Hall–Kier alpha value is -2.83. The maximum absolute atomic E-state index is 12.9. The number of fused-ring (bicyclic) bond motifs is 1. The molecular weight excluding hydrogens is 392 g/mol. The molecule has 0 spiro atoms. The molecule has 0 saturated carbocycles. The van der Waals surface area contributed by atoms with E-state index in [4.69, 9.17) is 16.7 Å². The molecule has 7 heteroatoms. The Bertz CT molecular complexity index is 1160. The number of nitrogens with zero attached hydrogens (tertiary/aromatic N) is 4. The molecule has 4 aromatic rings. The van der Waals surface area contributed by atoms with Gasteiger partial charge in [0, 0.05) is 18.0 Å². The highest BCUT2D eigenvalue weighted by Gasteiger charge is 2.32. The molecule has 140 valence electrons. The Morgan fingerprint density at radius 1 is 1.07 bits per heavy atom. The number of amides is 1. The van der Waals surface area contributed by atoms with Crippen molar-refractivity contribution in [2.75, 3.05) is 0 Å². The zero-order valence-electron chi connectivity index (χ0n) is 15.2. The molecule has 3 aromatic heterocycles. The van der Waals surface area contributed by atoms with Crippen molar-refractivity contribution < 1.29 is 4.79 Å². The fourth-order valence-electron chi connectivity index (χ4n) is 3.54. The van der Waals surface area contributed by atoms with E-state index in [1.54, 1.807) is 12.1 Å². The zero-order chi connectivity index (χ0) is 19.3. The number of carbonyl (C=O) groups excluding carboxylic acids is 1. The Balaban J connectivity index is 1.55. The van der Waals surface area contributed by atoms with Crippen molar-refractivity contribution in [3.8, 4) is 11.5 Å². The predicted molar refractivity (Wildman–Crippen MR) is 111 cm³/mol. The number of halogens is 1. The standard InChI is InChI=1S/C21H17ClN4OS/c1-14-4-6-15(7-5-14)26-20(24-10-2-3-11-24)16-12-25(13-17(16)23-26)21(27)18-8-9-19(22)28-18/h2-11H,12-13H2,1H3. The van der Waals surface area contributed by atoms with Crippen LogP contribution < -0.4 is 0 Å². The highest BCUT2D eigenvalue weighted by Crippen LogP contribution is 2.32. The van der Waals surface area contributed by atoms with Gasteiger partial charge in [-0.15, -0.1) is 11.3 Å². The van der Waals surface area contributed by atoms with E-state index < -0.39 is 0 Å². The summed E-state index contributed by atoms with van der Waals surface area (Å²) in [6, 6.07) is 15.8. The van der Waals surface area contributed by atoms with Crippen molar-refractivity contribution in [1.29, 1.82) is 0 Å². The molecule has 0 saturated heterocycles. The monoisotopic (exact) mass is 408 g/mol. The minimum atomic E-state index is -0.00441. The highest BCUT2D eigenvalue weighted by molar-refractivity contribution is 7.17. The first-order valence-corrected chi connectivity index (χ1v) is 10.2. The number of hydrogen-bond acceptors (Lipinski definition) is 3. The summed E-state index contributed by atoms with van der Waals surface area (Å²) in [4.78, 5) is 15.3. The molecule has 1 aliphatic heterocycles. The second-order valence-electron chi connectivity index (χ2n) is 6.85. The van der Waals surface area contributed by atoms with E-state index in [2.05, 4.69) is 35.8 Å². The molecule has 0 radical (unpaired) electrons. The zero-order valence-corrected chi connectivity index (χ0v) is 16.7. The minimum Gasteiger partial charge on any atom is -0.327 e. The van der Waals surface area contributed by atoms with Crippen molar-refractivity contribution in [3.05, 3.63) is 87.0 Å². The molecule has 1 aromatic carbocycles. The molecule has 0 bridgehead atoms. The van der Waals surface area contributed by atoms with Gasteiger partial charge in [-0.1, -0.05) is 29.3 Å². The maximum Gasteiger partial charge on any atom is 0.264 e. The lowest BCUT2D eigenvalue weighted by Crippen LogP contribution is -2.25. The van der Waals surface area contributed by atoms with Crippen LogP contribution in [0.1, 0.15) is 26.5 Å². The van der Waals surface area contributed by atoms with Crippen molar-refractivity contribution in [1.82, 2.24) is 19.2 Å². The second kappa shape index (κ2) is 6.65. The smallest absolute Gasteiger partial charge is 0.264 e. The van der Waals surface area contributed by atoms with Crippen LogP contribution in [0.5, 0.6) is 0 Å². The van der Waals surface area contributed by atoms with Crippen LogP contribution in [0.4, 0.5) is 0 Å². The van der Waals surface area contributed by atoms with Gasteiger partial charge in [0.2, 0.25) is 0 Å². The molecule has 1 aliphatic rings. The van der Waals surface area contributed by atoms with E-state index in [0.29, 0.717) is 22.3 Å². The quantitative estimate of drug-likeness (QED) is 0.486. The van der Waals surface area contributed by atoms with Crippen LogP contribution in [0, 0.1) is 6.92 Å². The lowest BCUT2D eigenvalue weighted by molar-refractivity contribution is 0.0754. The fraction of sp³-hybridized carbons (Fsp3) is 0.143. The van der Waals surface area contributed by atoms with Gasteiger partial charge in [0.25, 0.3) is 5.91 Å². The molecule has 5 rings (SSSR count). The summed E-state index contributed by atoms with van der Waals surface area (Å²) in [5.41, 5.74) is 4.22. The van der Waals surface area contributed by atoms with Crippen LogP contribution >= 0.6 is 22.9 Å². The number of benzene rings is 1. The number of rotatable bonds is 3. The molecule has 0 fully saturated rings. The SMILES string of the molecule is Cc1ccc(-n2nc3c(c2-n2cccc2)CN(C(=O)c2ccc(Cl)s2)C3)cc1. The summed E-state index contributed by atoms with van der Waals surface area (Å²) < 4.78 is 4.65. The van der Waals surface area contributed by atoms with Crippen LogP contribution in [0.3, 0.4) is 0 Å². The number of thiophene rings is 1. The van der Waals surface area contributed by atoms with Crippen LogP contribution in [-0.4, -0.2) is 25.2 Å². The number of carbonyl (C=O) groups is 1. The highest BCUT2D eigenvalue weighted by atomic mass is 35.5. The Morgan fingerprint density at radius 2 is 1.82 bits per heavy atom. The van der Waals surface area contributed by atoms with E-state index >= 15 is 0 Å². The Kier molecular flexibility index (Phi) is 4.10.